The highest BCUT2D eigenvalue weighted by atomic mass is 16.5. The van der Waals surface area contributed by atoms with Crippen LogP contribution in [-0.4, -0.2) is 42.2 Å². The van der Waals surface area contributed by atoms with Crippen molar-refractivity contribution in [2.75, 3.05) is 26.8 Å². The highest BCUT2D eigenvalue weighted by Crippen LogP contribution is 2.22. The molecule has 0 saturated heterocycles. The van der Waals surface area contributed by atoms with Gasteiger partial charge in [0.2, 0.25) is 5.91 Å². The standard InChI is InChI=1S/C23H27N3O2/c1-28-15-14-25(13-7-10-19-8-3-2-4-9-19)16-20-17-26(18-23(24)27)22-12-6-5-11-21(20)22/h2-12,17H,13-16,18H2,1H3,(H2,24,27). The summed E-state index contributed by atoms with van der Waals surface area (Å²) in [6.07, 6.45) is 6.35. The number of ether oxygens (including phenoxy) is 1. The highest BCUT2D eigenvalue weighted by Gasteiger charge is 2.12. The SMILES string of the molecule is COCCN(CC=Cc1ccccc1)Cc1cn(CC(N)=O)c2ccccc12. The largest absolute Gasteiger partial charge is 0.383 e. The first kappa shape index (κ1) is 19.9. The quantitative estimate of drug-likeness (QED) is 0.590. The molecule has 0 atom stereocenters. The van der Waals surface area contributed by atoms with E-state index in [0.717, 1.165) is 30.5 Å². The molecule has 1 aromatic heterocycles. The Hall–Kier alpha value is -2.89. The third kappa shape index (κ3) is 5.31. The van der Waals surface area contributed by atoms with Gasteiger partial charge in [-0.2, -0.15) is 0 Å². The number of benzene rings is 2. The lowest BCUT2D eigenvalue weighted by molar-refractivity contribution is -0.118. The van der Waals surface area contributed by atoms with Gasteiger partial charge in [0.1, 0.15) is 6.54 Å². The minimum atomic E-state index is -0.339. The molecule has 1 heterocycles. The molecule has 0 unspecified atom stereocenters. The normalized spacial score (nSPS) is 11.6. The number of aromatic nitrogens is 1. The molecule has 146 valence electrons. The van der Waals surface area contributed by atoms with Crippen LogP contribution in [0.25, 0.3) is 17.0 Å². The van der Waals surface area contributed by atoms with Crippen LogP contribution >= 0.6 is 0 Å². The summed E-state index contributed by atoms with van der Waals surface area (Å²) in [5.41, 5.74) is 8.82. The van der Waals surface area contributed by atoms with Gasteiger partial charge in [0.25, 0.3) is 0 Å². The summed E-state index contributed by atoms with van der Waals surface area (Å²) >= 11 is 0. The van der Waals surface area contributed by atoms with Crippen molar-refractivity contribution in [3.05, 3.63) is 78.0 Å². The number of carbonyl (C=O) groups is 1. The van der Waals surface area contributed by atoms with Crippen molar-refractivity contribution in [1.82, 2.24) is 9.47 Å². The number of amides is 1. The molecule has 1 amide bonds. The molecule has 2 N–H and O–H groups in total. The van der Waals surface area contributed by atoms with E-state index in [0.29, 0.717) is 6.61 Å². The van der Waals surface area contributed by atoms with Crippen molar-refractivity contribution < 1.29 is 9.53 Å². The van der Waals surface area contributed by atoms with Crippen molar-refractivity contribution in [2.45, 2.75) is 13.1 Å². The fourth-order valence-corrected chi connectivity index (χ4v) is 3.35. The molecule has 0 saturated carbocycles. The van der Waals surface area contributed by atoms with Gasteiger partial charge in [0.15, 0.2) is 0 Å². The molecule has 0 aliphatic carbocycles. The molecule has 0 radical (unpaired) electrons. The Kier molecular flexibility index (Phi) is 7.00. The van der Waals surface area contributed by atoms with Gasteiger partial charge in [-0.05, 0) is 17.2 Å². The van der Waals surface area contributed by atoms with Crippen LogP contribution in [0.1, 0.15) is 11.1 Å². The number of hydrogen-bond donors (Lipinski definition) is 1. The van der Waals surface area contributed by atoms with Crippen LogP contribution in [0.2, 0.25) is 0 Å². The van der Waals surface area contributed by atoms with Crippen LogP contribution in [0.5, 0.6) is 0 Å². The zero-order valence-corrected chi connectivity index (χ0v) is 16.3. The highest BCUT2D eigenvalue weighted by molar-refractivity contribution is 5.85. The van der Waals surface area contributed by atoms with Crippen LogP contribution in [0, 0.1) is 0 Å². The molecule has 0 bridgehead atoms. The predicted molar refractivity (Wildman–Crippen MR) is 114 cm³/mol. The third-order valence-electron chi connectivity index (χ3n) is 4.68. The van der Waals surface area contributed by atoms with Crippen LogP contribution in [0.15, 0.2) is 66.9 Å². The van der Waals surface area contributed by atoms with E-state index in [9.17, 15) is 4.79 Å². The van der Waals surface area contributed by atoms with E-state index in [1.54, 1.807) is 7.11 Å². The Morgan fingerprint density at radius 3 is 2.64 bits per heavy atom. The van der Waals surface area contributed by atoms with E-state index >= 15 is 0 Å². The number of methoxy groups -OCH3 is 1. The Labute approximate surface area is 166 Å². The number of carbonyl (C=O) groups excluding carboxylic acids is 1. The Bertz CT molecular complexity index is 931. The number of nitrogens with two attached hydrogens (primary N) is 1. The molecule has 2 aromatic carbocycles. The molecular formula is C23H27N3O2. The Morgan fingerprint density at radius 2 is 1.89 bits per heavy atom. The zero-order chi connectivity index (χ0) is 19.8. The van der Waals surface area contributed by atoms with E-state index in [4.69, 9.17) is 10.5 Å². The fraction of sp³-hybridized carbons (Fsp3) is 0.261. The topological polar surface area (TPSA) is 60.5 Å². The maximum Gasteiger partial charge on any atom is 0.237 e. The van der Waals surface area contributed by atoms with Gasteiger partial charge in [0, 0.05) is 43.8 Å². The minimum Gasteiger partial charge on any atom is -0.383 e. The number of nitrogens with zero attached hydrogens (tertiary/aromatic N) is 2. The van der Waals surface area contributed by atoms with Gasteiger partial charge in [0.05, 0.1) is 6.61 Å². The average Bonchev–Trinajstić information content (AvgIpc) is 3.03. The second-order valence-corrected chi connectivity index (χ2v) is 6.81. The number of rotatable bonds is 10. The summed E-state index contributed by atoms with van der Waals surface area (Å²) in [5, 5.41) is 1.15. The van der Waals surface area contributed by atoms with E-state index in [-0.39, 0.29) is 12.5 Å². The summed E-state index contributed by atoms with van der Waals surface area (Å²) in [4.78, 5) is 13.8. The first-order valence-corrected chi connectivity index (χ1v) is 9.45. The van der Waals surface area contributed by atoms with Crippen molar-refractivity contribution in [2.24, 2.45) is 5.73 Å². The van der Waals surface area contributed by atoms with Crippen LogP contribution in [0.3, 0.4) is 0 Å². The minimum absolute atomic E-state index is 0.187. The maximum absolute atomic E-state index is 11.4. The lowest BCUT2D eigenvalue weighted by Gasteiger charge is -2.20. The van der Waals surface area contributed by atoms with Gasteiger partial charge in [-0.3, -0.25) is 9.69 Å². The van der Waals surface area contributed by atoms with Crippen LogP contribution < -0.4 is 5.73 Å². The second-order valence-electron chi connectivity index (χ2n) is 6.81. The number of fused-ring (bicyclic) bond motifs is 1. The maximum atomic E-state index is 11.4. The monoisotopic (exact) mass is 377 g/mol. The van der Waals surface area contributed by atoms with Gasteiger partial charge >= 0.3 is 0 Å². The molecule has 3 rings (SSSR count). The molecule has 3 aromatic rings. The van der Waals surface area contributed by atoms with Crippen LogP contribution in [-0.2, 0) is 22.6 Å². The van der Waals surface area contributed by atoms with E-state index in [1.807, 2.05) is 47.2 Å². The van der Waals surface area contributed by atoms with Crippen molar-refractivity contribution in [1.29, 1.82) is 0 Å². The molecule has 28 heavy (non-hydrogen) atoms. The van der Waals surface area contributed by atoms with Crippen molar-refractivity contribution >= 4 is 22.9 Å². The predicted octanol–water partition coefficient (Wildman–Crippen LogP) is 3.29. The zero-order valence-electron chi connectivity index (χ0n) is 16.3. The molecule has 5 heteroatoms. The first-order chi connectivity index (χ1) is 13.7. The summed E-state index contributed by atoms with van der Waals surface area (Å²) in [5.74, 6) is -0.339. The lowest BCUT2D eigenvalue weighted by atomic mass is 10.1. The van der Waals surface area contributed by atoms with Crippen molar-refractivity contribution in [3.63, 3.8) is 0 Å². The smallest absolute Gasteiger partial charge is 0.237 e. The Balaban J connectivity index is 1.78. The Morgan fingerprint density at radius 1 is 1.14 bits per heavy atom. The van der Waals surface area contributed by atoms with Gasteiger partial charge in [-0.15, -0.1) is 0 Å². The van der Waals surface area contributed by atoms with E-state index in [1.165, 1.54) is 11.1 Å². The summed E-state index contributed by atoms with van der Waals surface area (Å²) in [7, 11) is 1.72. The number of primary amides is 1. The fourth-order valence-electron chi connectivity index (χ4n) is 3.35. The van der Waals surface area contributed by atoms with Gasteiger partial charge < -0.3 is 15.0 Å². The van der Waals surface area contributed by atoms with E-state index in [2.05, 4.69) is 35.3 Å². The molecule has 0 fully saturated rings. The van der Waals surface area contributed by atoms with Gasteiger partial charge in [-0.25, -0.2) is 0 Å². The van der Waals surface area contributed by atoms with Gasteiger partial charge in [-0.1, -0.05) is 60.7 Å². The summed E-state index contributed by atoms with van der Waals surface area (Å²) < 4.78 is 7.22. The summed E-state index contributed by atoms with van der Waals surface area (Å²) in [6, 6.07) is 18.4. The molecular weight excluding hydrogens is 350 g/mol. The summed E-state index contributed by atoms with van der Waals surface area (Å²) in [6.45, 7) is 3.26. The molecule has 0 aliphatic rings. The average molecular weight is 377 g/mol. The first-order valence-electron chi connectivity index (χ1n) is 9.45. The second kappa shape index (κ2) is 9.88. The molecule has 0 aliphatic heterocycles. The van der Waals surface area contributed by atoms with E-state index < -0.39 is 0 Å². The number of para-hydroxylation sites is 1. The third-order valence-corrected chi connectivity index (χ3v) is 4.68. The van der Waals surface area contributed by atoms with Crippen LogP contribution in [0.4, 0.5) is 0 Å². The molecule has 0 spiro atoms. The van der Waals surface area contributed by atoms with Crippen molar-refractivity contribution in [3.8, 4) is 0 Å². The lowest BCUT2D eigenvalue weighted by Crippen LogP contribution is -2.27. The number of hydrogen-bond acceptors (Lipinski definition) is 3. The molecule has 5 nitrogen and oxygen atoms in total.